The van der Waals surface area contributed by atoms with E-state index >= 15 is 0 Å². The van der Waals surface area contributed by atoms with Crippen molar-refractivity contribution in [2.45, 2.75) is 11.7 Å². The van der Waals surface area contributed by atoms with Crippen molar-refractivity contribution in [3.8, 4) is 0 Å². The SMILES string of the molecule is NC(=O)C(S)Cc1nc2ccccc2c(=O)[nH]1. The molecule has 0 aliphatic rings. The molecule has 0 aliphatic heterocycles. The summed E-state index contributed by atoms with van der Waals surface area (Å²) < 4.78 is 0. The van der Waals surface area contributed by atoms with Crippen LogP contribution in [0.15, 0.2) is 29.1 Å². The number of para-hydroxylation sites is 1. The molecule has 5 nitrogen and oxygen atoms in total. The highest BCUT2D eigenvalue weighted by molar-refractivity contribution is 7.81. The summed E-state index contributed by atoms with van der Waals surface area (Å²) in [6, 6.07) is 7.00. The molecular formula is C11H11N3O2S. The summed E-state index contributed by atoms with van der Waals surface area (Å²) in [6.45, 7) is 0. The van der Waals surface area contributed by atoms with Crippen molar-refractivity contribution >= 4 is 29.4 Å². The summed E-state index contributed by atoms with van der Waals surface area (Å²) >= 11 is 4.03. The number of fused-ring (bicyclic) bond motifs is 1. The minimum atomic E-state index is -0.653. The molecule has 3 N–H and O–H groups in total. The standard InChI is InChI=1S/C11H11N3O2S/c12-10(15)8(17)5-9-13-7-4-2-1-3-6(7)11(16)14-9/h1-4,8,17H,5H2,(H2,12,15)(H,13,14,16). The number of nitrogens with zero attached hydrogens (tertiary/aromatic N) is 1. The quantitative estimate of drug-likeness (QED) is 0.681. The largest absolute Gasteiger partial charge is 0.369 e. The highest BCUT2D eigenvalue weighted by Crippen LogP contribution is 2.08. The number of aromatic amines is 1. The van der Waals surface area contributed by atoms with Crippen LogP contribution in [0, 0.1) is 0 Å². The molecule has 1 unspecified atom stereocenters. The number of H-pyrrole nitrogens is 1. The number of aromatic nitrogens is 2. The molecule has 2 rings (SSSR count). The van der Waals surface area contributed by atoms with Gasteiger partial charge in [0.2, 0.25) is 5.91 Å². The number of benzene rings is 1. The van der Waals surface area contributed by atoms with Gasteiger partial charge >= 0.3 is 0 Å². The van der Waals surface area contributed by atoms with Gasteiger partial charge in [-0.2, -0.15) is 12.6 Å². The summed E-state index contributed by atoms with van der Waals surface area (Å²) in [5.74, 6) is -0.128. The summed E-state index contributed by atoms with van der Waals surface area (Å²) in [7, 11) is 0. The van der Waals surface area contributed by atoms with Gasteiger partial charge in [0, 0.05) is 6.42 Å². The third kappa shape index (κ3) is 2.47. The van der Waals surface area contributed by atoms with E-state index in [1.165, 1.54) is 0 Å². The van der Waals surface area contributed by atoms with Gasteiger partial charge in [0.25, 0.3) is 5.56 Å². The summed E-state index contributed by atoms with van der Waals surface area (Å²) in [4.78, 5) is 29.5. The van der Waals surface area contributed by atoms with Crippen molar-refractivity contribution < 1.29 is 4.79 Å². The molecule has 0 saturated carbocycles. The fourth-order valence-corrected chi connectivity index (χ4v) is 1.69. The van der Waals surface area contributed by atoms with Crippen molar-refractivity contribution in [1.29, 1.82) is 0 Å². The molecule has 0 spiro atoms. The second kappa shape index (κ2) is 4.58. The van der Waals surface area contributed by atoms with E-state index < -0.39 is 11.2 Å². The predicted molar refractivity (Wildman–Crippen MR) is 68.0 cm³/mol. The van der Waals surface area contributed by atoms with E-state index in [1.807, 2.05) is 0 Å². The van der Waals surface area contributed by atoms with Crippen LogP contribution in [0.4, 0.5) is 0 Å². The zero-order chi connectivity index (χ0) is 12.4. The maximum Gasteiger partial charge on any atom is 0.258 e. The van der Waals surface area contributed by atoms with Crippen molar-refractivity contribution in [2.75, 3.05) is 0 Å². The average molecular weight is 249 g/mol. The Bertz CT molecular complexity index is 623. The first-order valence-electron chi connectivity index (χ1n) is 5.03. The average Bonchev–Trinajstić information content (AvgIpc) is 2.29. The molecule has 0 bridgehead atoms. The predicted octanol–water partition coefficient (Wildman–Crippen LogP) is 0.249. The van der Waals surface area contributed by atoms with E-state index in [0.717, 1.165) is 0 Å². The molecule has 1 aromatic heterocycles. The van der Waals surface area contributed by atoms with Gasteiger partial charge < -0.3 is 10.7 Å². The topological polar surface area (TPSA) is 88.8 Å². The molecule has 1 atom stereocenters. The van der Waals surface area contributed by atoms with Crippen LogP contribution >= 0.6 is 12.6 Å². The first-order chi connectivity index (χ1) is 8.08. The lowest BCUT2D eigenvalue weighted by Crippen LogP contribution is -2.27. The smallest absolute Gasteiger partial charge is 0.258 e. The van der Waals surface area contributed by atoms with Crippen molar-refractivity contribution in [3.63, 3.8) is 0 Å². The molecule has 0 radical (unpaired) electrons. The second-order valence-corrected chi connectivity index (χ2v) is 4.28. The first kappa shape index (κ1) is 11.7. The number of primary amides is 1. The molecule has 0 fully saturated rings. The van der Waals surface area contributed by atoms with Crippen LogP contribution in [-0.4, -0.2) is 21.1 Å². The lowest BCUT2D eigenvalue weighted by Gasteiger charge is -2.06. The molecule has 0 saturated heterocycles. The third-order valence-electron chi connectivity index (χ3n) is 2.38. The minimum absolute atomic E-state index is 0.207. The molecule has 0 aliphatic carbocycles. The Kier molecular flexibility index (Phi) is 3.14. The first-order valence-corrected chi connectivity index (χ1v) is 5.55. The molecule has 6 heteroatoms. The molecule has 1 heterocycles. The highest BCUT2D eigenvalue weighted by Gasteiger charge is 2.13. The van der Waals surface area contributed by atoms with Crippen LogP contribution < -0.4 is 11.3 Å². The number of hydrogen-bond acceptors (Lipinski definition) is 4. The zero-order valence-corrected chi connectivity index (χ0v) is 9.78. The molecule has 88 valence electrons. The number of carbonyl (C=O) groups excluding carboxylic acids is 1. The summed E-state index contributed by atoms with van der Waals surface area (Å²) in [5, 5.41) is -0.134. The van der Waals surface area contributed by atoms with Gasteiger partial charge in [-0.1, -0.05) is 12.1 Å². The van der Waals surface area contributed by atoms with E-state index in [-0.39, 0.29) is 12.0 Å². The van der Waals surface area contributed by atoms with Gasteiger partial charge in [0.15, 0.2) is 0 Å². The van der Waals surface area contributed by atoms with Crippen LogP contribution in [0.1, 0.15) is 5.82 Å². The lowest BCUT2D eigenvalue weighted by molar-refractivity contribution is -0.117. The maximum absolute atomic E-state index is 11.7. The Morgan fingerprint density at radius 3 is 2.88 bits per heavy atom. The van der Waals surface area contributed by atoms with Gasteiger partial charge in [0.05, 0.1) is 16.2 Å². The van der Waals surface area contributed by atoms with Gasteiger partial charge in [-0.05, 0) is 12.1 Å². The van der Waals surface area contributed by atoms with Crippen molar-refractivity contribution in [3.05, 3.63) is 40.4 Å². The van der Waals surface area contributed by atoms with E-state index in [9.17, 15) is 9.59 Å². The van der Waals surface area contributed by atoms with Crippen LogP contribution in [0.2, 0.25) is 0 Å². The van der Waals surface area contributed by atoms with E-state index in [4.69, 9.17) is 5.73 Å². The fourth-order valence-electron chi connectivity index (χ4n) is 1.52. The Morgan fingerprint density at radius 2 is 2.18 bits per heavy atom. The van der Waals surface area contributed by atoms with E-state index in [0.29, 0.717) is 16.7 Å². The van der Waals surface area contributed by atoms with Crippen LogP contribution in [-0.2, 0) is 11.2 Å². The Morgan fingerprint density at radius 1 is 1.47 bits per heavy atom. The number of amides is 1. The van der Waals surface area contributed by atoms with E-state index in [1.54, 1.807) is 24.3 Å². The summed E-state index contributed by atoms with van der Waals surface area (Å²) in [5.41, 5.74) is 5.47. The number of carbonyl (C=O) groups is 1. The van der Waals surface area contributed by atoms with Crippen molar-refractivity contribution in [1.82, 2.24) is 9.97 Å². The molecule has 1 amide bonds. The molecule has 1 aromatic carbocycles. The minimum Gasteiger partial charge on any atom is -0.369 e. The van der Waals surface area contributed by atoms with E-state index in [2.05, 4.69) is 22.6 Å². The normalized spacial score (nSPS) is 12.5. The maximum atomic E-state index is 11.7. The van der Waals surface area contributed by atoms with Crippen LogP contribution in [0.3, 0.4) is 0 Å². The van der Waals surface area contributed by atoms with Gasteiger partial charge in [0.1, 0.15) is 5.82 Å². The number of thiol groups is 1. The van der Waals surface area contributed by atoms with Gasteiger partial charge in [-0.15, -0.1) is 0 Å². The zero-order valence-electron chi connectivity index (χ0n) is 8.88. The Balaban J connectivity index is 2.44. The number of nitrogens with one attached hydrogen (secondary N) is 1. The Hall–Kier alpha value is -1.82. The monoisotopic (exact) mass is 249 g/mol. The van der Waals surface area contributed by atoms with Crippen molar-refractivity contribution in [2.24, 2.45) is 5.73 Å². The molecule has 17 heavy (non-hydrogen) atoms. The lowest BCUT2D eigenvalue weighted by atomic mass is 10.2. The second-order valence-electron chi connectivity index (χ2n) is 3.65. The molecular weight excluding hydrogens is 238 g/mol. The highest BCUT2D eigenvalue weighted by atomic mass is 32.1. The number of rotatable bonds is 3. The Labute approximate surface area is 102 Å². The summed E-state index contributed by atoms with van der Waals surface area (Å²) in [6.07, 6.45) is 0.207. The fraction of sp³-hybridized carbons (Fsp3) is 0.182. The number of hydrogen-bond donors (Lipinski definition) is 3. The van der Waals surface area contributed by atoms with Gasteiger partial charge in [-0.3, -0.25) is 9.59 Å². The molecule has 2 aromatic rings. The number of nitrogens with two attached hydrogens (primary N) is 1. The third-order valence-corrected chi connectivity index (χ3v) is 2.81. The van der Waals surface area contributed by atoms with Gasteiger partial charge in [-0.25, -0.2) is 4.98 Å². The van der Waals surface area contributed by atoms with Crippen LogP contribution in [0.5, 0.6) is 0 Å². The van der Waals surface area contributed by atoms with Crippen LogP contribution in [0.25, 0.3) is 10.9 Å².